The summed E-state index contributed by atoms with van der Waals surface area (Å²) in [6, 6.07) is 5.96. The Hall–Kier alpha value is -3.33. The molecule has 0 aliphatic rings. The number of benzene rings is 1. The van der Waals surface area contributed by atoms with Crippen LogP contribution >= 0.6 is 12.2 Å². The first-order valence-electron chi connectivity index (χ1n) is 10.1. The van der Waals surface area contributed by atoms with E-state index in [1.165, 1.54) is 0 Å². The minimum Gasteiger partial charge on any atom is -0.480 e. The molecule has 1 rings (SSSR count). The molecule has 0 aromatic heterocycles. The third kappa shape index (κ3) is 12.1. The minimum atomic E-state index is -1.28. The Bertz CT molecular complexity index is 834. The molecule has 1 aromatic rings. The molecule has 0 aliphatic carbocycles. The van der Waals surface area contributed by atoms with E-state index in [2.05, 4.69) is 10.6 Å². The highest BCUT2D eigenvalue weighted by atomic mass is 32.1. The van der Waals surface area contributed by atoms with Gasteiger partial charge in [-0.15, -0.1) is 0 Å². The van der Waals surface area contributed by atoms with Gasteiger partial charge in [-0.05, 0) is 36.3 Å². The molecule has 188 valence electrons. The van der Waals surface area contributed by atoms with E-state index in [0.29, 0.717) is 16.4 Å². The van der Waals surface area contributed by atoms with Crippen LogP contribution < -0.4 is 10.6 Å². The Kier molecular flexibility index (Phi) is 12.4. The zero-order valence-corrected chi connectivity index (χ0v) is 19.0. The number of aliphatic carboxylic acids is 4. The number of carboxylic acids is 4. The van der Waals surface area contributed by atoms with Crippen molar-refractivity contribution in [1.29, 1.82) is 0 Å². The zero-order valence-electron chi connectivity index (χ0n) is 18.2. The molecule has 0 saturated carbocycles. The van der Waals surface area contributed by atoms with Gasteiger partial charge in [0, 0.05) is 24.8 Å². The summed E-state index contributed by atoms with van der Waals surface area (Å²) >= 11 is 5.08. The number of carbonyl (C=O) groups is 4. The molecule has 13 nitrogen and oxygen atoms in total. The summed E-state index contributed by atoms with van der Waals surface area (Å²) in [4.78, 5) is 47.3. The normalized spacial score (nSPS) is 11.7. The number of aliphatic hydroxyl groups is 1. The Morgan fingerprint density at radius 1 is 0.853 bits per heavy atom. The number of hydrogen-bond acceptors (Lipinski definition) is 8. The van der Waals surface area contributed by atoms with Crippen LogP contribution in [0, 0.1) is 0 Å². The van der Waals surface area contributed by atoms with Crippen molar-refractivity contribution in [2.75, 3.05) is 51.2 Å². The van der Waals surface area contributed by atoms with Crippen LogP contribution in [0.4, 0.5) is 5.69 Å². The highest BCUT2D eigenvalue weighted by molar-refractivity contribution is 7.80. The van der Waals surface area contributed by atoms with Crippen molar-refractivity contribution in [2.45, 2.75) is 12.5 Å². The average Bonchev–Trinajstić information content (AvgIpc) is 2.71. The van der Waals surface area contributed by atoms with E-state index in [-0.39, 0.29) is 26.1 Å². The number of aliphatic hydroxyl groups excluding tert-OH is 1. The fourth-order valence-electron chi connectivity index (χ4n) is 3.18. The van der Waals surface area contributed by atoms with Crippen LogP contribution in [0.15, 0.2) is 24.3 Å². The number of carboxylic acid groups (broad SMARTS) is 4. The van der Waals surface area contributed by atoms with Gasteiger partial charge in [-0.3, -0.25) is 29.0 Å². The van der Waals surface area contributed by atoms with Crippen LogP contribution in [0.1, 0.15) is 5.56 Å². The summed E-state index contributed by atoms with van der Waals surface area (Å²) in [5.74, 6) is -5.11. The molecular formula is C20H28N4O9S. The number of anilines is 1. The largest absolute Gasteiger partial charge is 0.480 e. The van der Waals surface area contributed by atoms with Gasteiger partial charge in [0.05, 0.1) is 32.8 Å². The Morgan fingerprint density at radius 2 is 1.35 bits per heavy atom. The van der Waals surface area contributed by atoms with E-state index in [0.717, 1.165) is 9.80 Å². The lowest BCUT2D eigenvalue weighted by molar-refractivity contribution is -0.146. The molecule has 0 aliphatic heterocycles. The van der Waals surface area contributed by atoms with Crippen molar-refractivity contribution in [2.24, 2.45) is 0 Å². The molecule has 0 bridgehead atoms. The molecule has 0 radical (unpaired) electrons. The molecule has 34 heavy (non-hydrogen) atoms. The summed E-state index contributed by atoms with van der Waals surface area (Å²) in [5, 5.41) is 51.5. The molecule has 14 heteroatoms. The van der Waals surface area contributed by atoms with Gasteiger partial charge < -0.3 is 36.2 Å². The summed E-state index contributed by atoms with van der Waals surface area (Å²) in [6.45, 7) is -2.49. The van der Waals surface area contributed by atoms with E-state index in [1.54, 1.807) is 24.3 Å². The van der Waals surface area contributed by atoms with Gasteiger partial charge in [-0.2, -0.15) is 0 Å². The maximum atomic E-state index is 11.3. The molecule has 7 N–H and O–H groups in total. The van der Waals surface area contributed by atoms with Crippen LogP contribution in [-0.4, -0.2) is 116 Å². The molecular weight excluding hydrogens is 472 g/mol. The number of nitrogens with zero attached hydrogens (tertiary/aromatic N) is 2. The predicted octanol–water partition coefficient (Wildman–Crippen LogP) is -1.18. The van der Waals surface area contributed by atoms with Gasteiger partial charge in [-0.25, -0.2) is 0 Å². The lowest BCUT2D eigenvalue weighted by Crippen LogP contribution is -2.50. The maximum Gasteiger partial charge on any atom is 0.317 e. The molecule has 1 unspecified atom stereocenters. The van der Waals surface area contributed by atoms with Crippen LogP contribution in [0.2, 0.25) is 0 Å². The highest BCUT2D eigenvalue weighted by Crippen LogP contribution is 2.15. The van der Waals surface area contributed by atoms with Crippen molar-refractivity contribution < 1.29 is 44.7 Å². The van der Waals surface area contributed by atoms with Gasteiger partial charge in [0.15, 0.2) is 5.11 Å². The van der Waals surface area contributed by atoms with Gasteiger partial charge in [-0.1, -0.05) is 12.1 Å². The van der Waals surface area contributed by atoms with Crippen LogP contribution in [0.3, 0.4) is 0 Å². The van der Waals surface area contributed by atoms with Crippen molar-refractivity contribution in [1.82, 2.24) is 15.1 Å². The molecule has 0 fully saturated rings. The molecule has 0 spiro atoms. The standard InChI is InChI=1S/C20H28N4O9S/c25-6-5-21-20(34)22-14-3-1-13(2-4-14)7-15(24(11-18(30)31)12-19(32)33)8-23(9-16(26)27)10-17(28)29/h1-4,15,25H,5-12H2,(H,26,27)(H,28,29)(H,30,31)(H,32,33)(H2,21,22,34). The highest BCUT2D eigenvalue weighted by Gasteiger charge is 2.27. The summed E-state index contributed by atoms with van der Waals surface area (Å²) in [6.07, 6.45) is 0.129. The maximum absolute atomic E-state index is 11.3. The van der Waals surface area contributed by atoms with Crippen molar-refractivity contribution >= 4 is 46.9 Å². The first-order chi connectivity index (χ1) is 16.0. The quantitative estimate of drug-likeness (QED) is 0.134. The third-order valence-corrected chi connectivity index (χ3v) is 4.71. The Balaban J connectivity index is 3.11. The number of thiocarbonyl (C=S) groups is 1. The zero-order chi connectivity index (χ0) is 25.7. The number of rotatable bonds is 16. The summed E-state index contributed by atoms with van der Waals surface area (Å²) < 4.78 is 0. The fourth-order valence-corrected chi connectivity index (χ4v) is 3.40. The smallest absolute Gasteiger partial charge is 0.317 e. The van der Waals surface area contributed by atoms with Gasteiger partial charge in [0.2, 0.25) is 0 Å². The lowest BCUT2D eigenvalue weighted by Gasteiger charge is -2.33. The van der Waals surface area contributed by atoms with Gasteiger partial charge in [0.1, 0.15) is 0 Å². The molecule has 0 saturated heterocycles. The Labute approximate surface area is 200 Å². The molecule has 0 amide bonds. The average molecular weight is 501 g/mol. The first-order valence-corrected chi connectivity index (χ1v) is 10.5. The lowest BCUT2D eigenvalue weighted by atomic mass is 10.0. The van der Waals surface area contributed by atoms with E-state index >= 15 is 0 Å². The number of nitrogens with one attached hydrogen (secondary N) is 2. The minimum absolute atomic E-state index is 0.0912. The van der Waals surface area contributed by atoms with Crippen LogP contribution in [0.5, 0.6) is 0 Å². The van der Waals surface area contributed by atoms with E-state index in [1.807, 2.05) is 0 Å². The van der Waals surface area contributed by atoms with Crippen LogP contribution in [-0.2, 0) is 25.6 Å². The third-order valence-electron chi connectivity index (χ3n) is 4.46. The van der Waals surface area contributed by atoms with Gasteiger partial charge in [0.25, 0.3) is 0 Å². The van der Waals surface area contributed by atoms with Crippen molar-refractivity contribution in [3.8, 4) is 0 Å². The SMILES string of the molecule is O=C(O)CN(CC(=O)O)CC(Cc1ccc(NC(=S)NCCO)cc1)N(CC(=O)O)CC(=O)O. The van der Waals surface area contributed by atoms with E-state index in [4.69, 9.17) is 27.5 Å². The van der Waals surface area contributed by atoms with E-state index < -0.39 is 56.1 Å². The van der Waals surface area contributed by atoms with Gasteiger partial charge >= 0.3 is 23.9 Å². The second kappa shape index (κ2) is 14.7. The first kappa shape index (κ1) is 28.7. The number of hydrogen-bond donors (Lipinski definition) is 7. The molecule has 1 aromatic carbocycles. The summed E-state index contributed by atoms with van der Waals surface area (Å²) in [5.41, 5.74) is 1.30. The fraction of sp³-hybridized carbons (Fsp3) is 0.450. The Morgan fingerprint density at radius 3 is 1.79 bits per heavy atom. The predicted molar refractivity (Wildman–Crippen MR) is 124 cm³/mol. The molecule has 1 atom stereocenters. The second-order valence-corrected chi connectivity index (χ2v) is 7.72. The second-order valence-electron chi connectivity index (χ2n) is 7.31. The topological polar surface area (TPSA) is 200 Å². The summed E-state index contributed by atoms with van der Waals surface area (Å²) in [7, 11) is 0. The van der Waals surface area contributed by atoms with E-state index in [9.17, 15) is 29.4 Å². The molecule has 0 heterocycles. The van der Waals surface area contributed by atoms with Crippen molar-refractivity contribution in [3.05, 3.63) is 29.8 Å². The van der Waals surface area contributed by atoms with Crippen molar-refractivity contribution in [3.63, 3.8) is 0 Å². The van der Waals surface area contributed by atoms with Crippen LogP contribution in [0.25, 0.3) is 0 Å². The monoisotopic (exact) mass is 500 g/mol.